The maximum Gasteiger partial charge on any atom is 0.229 e. The minimum Gasteiger partial charge on any atom is -0.326 e. The van der Waals surface area contributed by atoms with Gasteiger partial charge in [0.2, 0.25) is 5.91 Å². The standard InChI is InChI=1S/C24H22FN5O/c25-17-3-1-15(2-4-17)19-9-12-27-14-21(19)24(31)28-18-5-6-22-20(13-18)23(30-29-22)16-7-10-26-11-8-16/h1-8,10-11,13,19,21,27H,9,12,14H2,(H,28,31)(H,29,30). The first-order chi connectivity index (χ1) is 15.2. The number of rotatable bonds is 4. The van der Waals surface area contributed by atoms with Gasteiger partial charge < -0.3 is 10.6 Å². The van der Waals surface area contributed by atoms with Crippen LogP contribution in [0, 0.1) is 11.7 Å². The van der Waals surface area contributed by atoms with Crippen molar-refractivity contribution in [1.29, 1.82) is 0 Å². The average molecular weight is 415 g/mol. The fourth-order valence-corrected chi connectivity index (χ4v) is 4.30. The van der Waals surface area contributed by atoms with E-state index in [1.807, 2.05) is 30.3 Å². The molecule has 6 nitrogen and oxygen atoms in total. The molecule has 3 N–H and O–H groups in total. The van der Waals surface area contributed by atoms with E-state index in [0.29, 0.717) is 6.54 Å². The van der Waals surface area contributed by atoms with Gasteiger partial charge in [0.05, 0.1) is 11.4 Å². The van der Waals surface area contributed by atoms with Crippen molar-refractivity contribution < 1.29 is 9.18 Å². The summed E-state index contributed by atoms with van der Waals surface area (Å²) in [6.07, 6.45) is 4.29. The Hall–Kier alpha value is -3.58. The number of piperidine rings is 1. The number of halogens is 1. The monoisotopic (exact) mass is 415 g/mol. The summed E-state index contributed by atoms with van der Waals surface area (Å²) in [5.74, 6) is -0.502. The van der Waals surface area contributed by atoms with Crippen molar-refractivity contribution >= 4 is 22.5 Å². The van der Waals surface area contributed by atoms with Gasteiger partial charge in [0.1, 0.15) is 11.5 Å². The molecule has 4 aromatic rings. The van der Waals surface area contributed by atoms with Gasteiger partial charge in [0.15, 0.2) is 0 Å². The molecule has 0 saturated carbocycles. The van der Waals surface area contributed by atoms with Crippen LogP contribution in [0.2, 0.25) is 0 Å². The van der Waals surface area contributed by atoms with E-state index < -0.39 is 0 Å². The Kier molecular flexibility index (Phi) is 5.18. The van der Waals surface area contributed by atoms with Crippen molar-refractivity contribution in [2.45, 2.75) is 12.3 Å². The van der Waals surface area contributed by atoms with E-state index in [2.05, 4.69) is 25.8 Å². The normalized spacial score (nSPS) is 18.7. The molecule has 7 heteroatoms. The molecule has 1 aliphatic rings. The highest BCUT2D eigenvalue weighted by Gasteiger charge is 2.32. The molecule has 0 spiro atoms. The Morgan fingerprint density at radius 2 is 1.87 bits per heavy atom. The maximum atomic E-state index is 13.4. The van der Waals surface area contributed by atoms with Gasteiger partial charge in [0.25, 0.3) is 0 Å². The van der Waals surface area contributed by atoms with Gasteiger partial charge in [-0.3, -0.25) is 14.9 Å². The van der Waals surface area contributed by atoms with Gasteiger partial charge in [-0.25, -0.2) is 4.39 Å². The molecule has 2 aromatic heterocycles. The third-order valence-corrected chi connectivity index (χ3v) is 5.90. The van der Waals surface area contributed by atoms with Crippen LogP contribution >= 0.6 is 0 Å². The number of hydrogen-bond acceptors (Lipinski definition) is 4. The molecular weight excluding hydrogens is 393 g/mol. The first-order valence-corrected chi connectivity index (χ1v) is 10.3. The number of pyridine rings is 1. The largest absolute Gasteiger partial charge is 0.326 e. The van der Waals surface area contributed by atoms with Crippen LogP contribution in [0.1, 0.15) is 17.9 Å². The number of carbonyl (C=O) groups is 1. The van der Waals surface area contributed by atoms with E-state index in [1.165, 1.54) is 12.1 Å². The number of aromatic nitrogens is 3. The smallest absolute Gasteiger partial charge is 0.229 e. The molecule has 2 atom stereocenters. The number of hydrogen-bond donors (Lipinski definition) is 3. The molecule has 2 aromatic carbocycles. The molecule has 1 amide bonds. The number of fused-ring (bicyclic) bond motifs is 1. The molecule has 31 heavy (non-hydrogen) atoms. The Morgan fingerprint density at radius 1 is 1.06 bits per heavy atom. The molecule has 1 fully saturated rings. The number of H-pyrrole nitrogens is 1. The lowest BCUT2D eigenvalue weighted by Gasteiger charge is -2.31. The molecule has 1 aliphatic heterocycles. The molecule has 0 bridgehead atoms. The number of benzene rings is 2. The lowest BCUT2D eigenvalue weighted by molar-refractivity contribution is -0.120. The summed E-state index contributed by atoms with van der Waals surface area (Å²) < 4.78 is 13.4. The Balaban J connectivity index is 1.40. The van der Waals surface area contributed by atoms with Crippen molar-refractivity contribution in [3.8, 4) is 11.3 Å². The van der Waals surface area contributed by atoms with Crippen molar-refractivity contribution in [1.82, 2.24) is 20.5 Å². The lowest BCUT2D eigenvalue weighted by atomic mass is 9.80. The topological polar surface area (TPSA) is 82.7 Å². The third-order valence-electron chi connectivity index (χ3n) is 5.90. The summed E-state index contributed by atoms with van der Waals surface area (Å²) >= 11 is 0. The third kappa shape index (κ3) is 3.92. The zero-order chi connectivity index (χ0) is 21.2. The van der Waals surface area contributed by atoms with Crippen molar-refractivity contribution in [3.63, 3.8) is 0 Å². The number of nitrogens with zero attached hydrogens (tertiary/aromatic N) is 2. The number of carbonyl (C=O) groups excluding carboxylic acids is 1. The molecule has 0 aliphatic carbocycles. The second-order valence-electron chi connectivity index (χ2n) is 7.82. The number of aromatic amines is 1. The SMILES string of the molecule is O=C(Nc1ccc2[nH]nc(-c3ccncc3)c2c1)C1CNCCC1c1ccc(F)cc1. The molecule has 156 valence electrons. The molecular formula is C24H22FN5O. The first kappa shape index (κ1) is 19.4. The van der Waals surface area contributed by atoms with Gasteiger partial charge in [-0.15, -0.1) is 0 Å². The molecule has 3 heterocycles. The van der Waals surface area contributed by atoms with Crippen LogP contribution in [0.25, 0.3) is 22.2 Å². The summed E-state index contributed by atoms with van der Waals surface area (Å²) in [7, 11) is 0. The van der Waals surface area contributed by atoms with E-state index in [-0.39, 0.29) is 23.6 Å². The lowest BCUT2D eigenvalue weighted by Crippen LogP contribution is -2.42. The quantitative estimate of drug-likeness (QED) is 0.469. The van der Waals surface area contributed by atoms with Crippen molar-refractivity contribution in [3.05, 3.63) is 78.4 Å². The highest BCUT2D eigenvalue weighted by atomic mass is 19.1. The van der Waals surface area contributed by atoms with Gasteiger partial charge in [-0.1, -0.05) is 12.1 Å². The summed E-state index contributed by atoms with van der Waals surface area (Å²) in [6.45, 7) is 1.42. The van der Waals surface area contributed by atoms with E-state index in [9.17, 15) is 9.18 Å². The number of anilines is 1. The summed E-state index contributed by atoms with van der Waals surface area (Å²) in [5.41, 5.74) is 4.38. The molecule has 0 radical (unpaired) electrons. The van der Waals surface area contributed by atoms with Crippen LogP contribution in [-0.2, 0) is 4.79 Å². The van der Waals surface area contributed by atoms with Gasteiger partial charge in [0, 0.05) is 35.6 Å². The fraction of sp³-hybridized carbons (Fsp3) is 0.208. The van der Waals surface area contributed by atoms with Crippen LogP contribution < -0.4 is 10.6 Å². The van der Waals surface area contributed by atoms with Crippen molar-refractivity contribution in [2.24, 2.45) is 5.92 Å². The average Bonchev–Trinajstić information content (AvgIpc) is 3.23. The Bertz CT molecular complexity index is 1210. The van der Waals surface area contributed by atoms with Gasteiger partial charge >= 0.3 is 0 Å². The van der Waals surface area contributed by atoms with Crippen LogP contribution in [0.4, 0.5) is 10.1 Å². The van der Waals surface area contributed by atoms with Crippen LogP contribution in [0.3, 0.4) is 0 Å². The summed E-state index contributed by atoms with van der Waals surface area (Å²) in [5, 5.41) is 14.8. The van der Waals surface area contributed by atoms with E-state index in [1.54, 1.807) is 24.5 Å². The van der Waals surface area contributed by atoms with Crippen LogP contribution in [0.15, 0.2) is 67.0 Å². The van der Waals surface area contributed by atoms with Gasteiger partial charge in [-0.05, 0) is 66.9 Å². The highest BCUT2D eigenvalue weighted by Crippen LogP contribution is 2.32. The second-order valence-corrected chi connectivity index (χ2v) is 7.82. The summed E-state index contributed by atoms with van der Waals surface area (Å²) in [4.78, 5) is 17.2. The fourth-order valence-electron chi connectivity index (χ4n) is 4.30. The van der Waals surface area contributed by atoms with Crippen molar-refractivity contribution in [2.75, 3.05) is 18.4 Å². The summed E-state index contributed by atoms with van der Waals surface area (Å²) in [6, 6.07) is 16.0. The second kappa shape index (κ2) is 8.28. The molecule has 1 saturated heterocycles. The number of nitrogens with one attached hydrogen (secondary N) is 3. The zero-order valence-corrected chi connectivity index (χ0v) is 16.8. The van der Waals surface area contributed by atoms with E-state index in [4.69, 9.17) is 0 Å². The zero-order valence-electron chi connectivity index (χ0n) is 16.8. The van der Waals surface area contributed by atoms with Crippen LogP contribution in [0.5, 0.6) is 0 Å². The maximum absolute atomic E-state index is 13.4. The van der Waals surface area contributed by atoms with E-state index >= 15 is 0 Å². The first-order valence-electron chi connectivity index (χ1n) is 10.3. The Morgan fingerprint density at radius 3 is 2.68 bits per heavy atom. The Labute approximate surface area is 178 Å². The van der Waals surface area contributed by atoms with Crippen LogP contribution in [-0.4, -0.2) is 34.2 Å². The minimum atomic E-state index is -0.267. The highest BCUT2D eigenvalue weighted by molar-refractivity contribution is 5.99. The minimum absolute atomic E-state index is 0.0465. The predicted molar refractivity (Wildman–Crippen MR) is 118 cm³/mol. The van der Waals surface area contributed by atoms with Gasteiger partial charge in [-0.2, -0.15) is 5.10 Å². The van der Waals surface area contributed by atoms with E-state index in [0.717, 1.165) is 46.4 Å². The predicted octanol–water partition coefficient (Wildman–Crippen LogP) is 4.10. The number of amides is 1. The molecule has 5 rings (SSSR count). The molecule has 2 unspecified atom stereocenters.